The van der Waals surface area contributed by atoms with E-state index in [1.165, 1.54) is 5.56 Å². The third-order valence-electron chi connectivity index (χ3n) is 2.53. The van der Waals surface area contributed by atoms with Crippen molar-refractivity contribution in [3.63, 3.8) is 0 Å². The number of hydrogen-bond acceptors (Lipinski definition) is 3. The van der Waals surface area contributed by atoms with Crippen LogP contribution in [0.3, 0.4) is 0 Å². The van der Waals surface area contributed by atoms with E-state index in [0.29, 0.717) is 6.42 Å². The number of aliphatic carboxylic acids is 1. The van der Waals surface area contributed by atoms with Gasteiger partial charge in [-0.25, -0.2) is 0 Å². The molecule has 0 saturated heterocycles. The van der Waals surface area contributed by atoms with E-state index in [9.17, 15) is 9.59 Å². The first-order valence-electron chi connectivity index (χ1n) is 6.22. The van der Waals surface area contributed by atoms with Gasteiger partial charge in [-0.1, -0.05) is 12.1 Å². The summed E-state index contributed by atoms with van der Waals surface area (Å²) in [5, 5.41) is 11.2. The largest absolute Gasteiger partial charge is 0.481 e. The Hall–Kier alpha value is -1.88. The summed E-state index contributed by atoms with van der Waals surface area (Å²) in [5.74, 6) is -1.03. The van der Waals surface area contributed by atoms with Crippen molar-refractivity contribution >= 4 is 17.6 Å². The fourth-order valence-corrected chi connectivity index (χ4v) is 1.68. The minimum Gasteiger partial charge on any atom is -0.481 e. The molecule has 1 aromatic rings. The highest BCUT2D eigenvalue weighted by Crippen LogP contribution is 2.11. The van der Waals surface area contributed by atoms with Gasteiger partial charge in [0.2, 0.25) is 5.91 Å². The highest BCUT2D eigenvalue weighted by molar-refractivity contribution is 5.90. The average molecular weight is 264 g/mol. The van der Waals surface area contributed by atoms with E-state index in [-0.39, 0.29) is 18.7 Å². The first-order chi connectivity index (χ1) is 8.97. The van der Waals surface area contributed by atoms with Crippen molar-refractivity contribution in [1.82, 2.24) is 4.90 Å². The maximum atomic E-state index is 11.5. The fourth-order valence-electron chi connectivity index (χ4n) is 1.68. The molecule has 5 heteroatoms. The molecule has 0 atom stereocenters. The number of amides is 1. The van der Waals surface area contributed by atoms with E-state index in [2.05, 4.69) is 10.2 Å². The highest BCUT2D eigenvalue weighted by Gasteiger charge is 2.04. The van der Waals surface area contributed by atoms with Gasteiger partial charge in [0.1, 0.15) is 0 Å². The number of carboxylic acids is 1. The Labute approximate surface area is 113 Å². The molecule has 0 aliphatic carbocycles. The van der Waals surface area contributed by atoms with Crippen molar-refractivity contribution in [3.8, 4) is 0 Å². The number of carbonyl (C=O) groups is 2. The van der Waals surface area contributed by atoms with Crippen LogP contribution in [0.25, 0.3) is 0 Å². The molecular formula is C14H20N2O3. The zero-order chi connectivity index (χ0) is 14.3. The van der Waals surface area contributed by atoms with Crippen LogP contribution < -0.4 is 5.32 Å². The molecule has 0 heterocycles. The fraction of sp³-hybridized carbons (Fsp3) is 0.429. The lowest BCUT2D eigenvalue weighted by Gasteiger charge is -2.10. The van der Waals surface area contributed by atoms with Gasteiger partial charge in [-0.2, -0.15) is 0 Å². The van der Waals surface area contributed by atoms with Gasteiger partial charge in [-0.05, 0) is 38.2 Å². The van der Waals surface area contributed by atoms with Gasteiger partial charge >= 0.3 is 5.97 Å². The Kier molecular flexibility index (Phi) is 6.02. The van der Waals surface area contributed by atoms with E-state index in [4.69, 9.17) is 5.11 Å². The van der Waals surface area contributed by atoms with Crippen LogP contribution in [-0.4, -0.2) is 36.0 Å². The second-order valence-electron chi connectivity index (χ2n) is 4.73. The summed E-state index contributed by atoms with van der Waals surface area (Å²) in [6, 6.07) is 7.64. The van der Waals surface area contributed by atoms with Gasteiger partial charge < -0.3 is 15.3 Å². The first kappa shape index (κ1) is 15.2. The van der Waals surface area contributed by atoms with Crippen LogP contribution in [0, 0.1) is 0 Å². The zero-order valence-electron chi connectivity index (χ0n) is 11.3. The van der Waals surface area contributed by atoms with Crippen LogP contribution in [-0.2, 0) is 16.1 Å². The van der Waals surface area contributed by atoms with E-state index in [1.807, 2.05) is 38.4 Å². The van der Waals surface area contributed by atoms with Crippen molar-refractivity contribution in [1.29, 1.82) is 0 Å². The molecule has 0 saturated carbocycles. The molecule has 0 aliphatic heterocycles. The molecule has 0 aromatic heterocycles. The van der Waals surface area contributed by atoms with Crippen molar-refractivity contribution in [2.75, 3.05) is 19.4 Å². The van der Waals surface area contributed by atoms with E-state index < -0.39 is 5.97 Å². The summed E-state index contributed by atoms with van der Waals surface area (Å²) in [4.78, 5) is 23.9. The summed E-state index contributed by atoms with van der Waals surface area (Å²) in [7, 11) is 4.00. The quantitative estimate of drug-likeness (QED) is 0.789. The molecule has 0 radical (unpaired) electrons. The number of rotatable bonds is 7. The summed E-state index contributed by atoms with van der Waals surface area (Å²) < 4.78 is 0. The van der Waals surface area contributed by atoms with Crippen LogP contribution in [0.15, 0.2) is 24.3 Å². The number of carboxylic acid groups (broad SMARTS) is 1. The Balaban J connectivity index is 2.40. The average Bonchev–Trinajstić information content (AvgIpc) is 2.30. The summed E-state index contributed by atoms with van der Waals surface area (Å²) in [6.07, 6.45) is 0.612. The maximum absolute atomic E-state index is 11.5. The first-order valence-corrected chi connectivity index (χ1v) is 6.22. The van der Waals surface area contributed by atoms with Gasteiger partial charge in [0.15, 0.2) is 0 Å². The number of carbonyl (C=O) groups excluding carboxylic acids is 1. The summed E-state index contributed by atoms with van der Waals surface area (Å²) >= 11 is 0. The highest BCUT2D eigenvalue weighted by atomic mass is 16.4. The second-order valence-corrected chi connectivity index (χ2v) is 4.73. The predicted molar refractivity (Wildman–Crippen MR) is 73.9 cm³/mol. The van der Waals surface area contributed by atoms with Gasteiger partial charge in [-0.3, -0.25) is 9.59 Å². The van der Waals surface area contributed by atoms with Gasteiger partial charge in [-0.15, -0.1) is 0 Å². The lowest BCUT2D eigenvalue weighted by molar-refractivity contribution is -0.137. The molecule has 19 heavy (non-hydrogen) atoms. The number of anilines is 1. The SMILES string of the molecule is CN(C)Cc1ccc(NC(=O)CCCC(=O)O)cc1. The van der Waals surface area contributed by atoms with Gasteiger partial charge in [0.05, 0.1) is 0 Å². The van der Waals surface area contributed by atoms with Crippen LogP contribution >= 0.6 is 0 Å². The molecule has 1 rings (SSSR count). The van der Waals surface area contributed by atoms with Crippen LogP contribution in [0.1, 0.15) is 24.8 Å². The van der Waals surface area contributed by atoms with Gasteiger partial charge in [0, 0.05) is 25.1 Å². The number of hydrogen-bond donors (Lipinski definition) is 2. The van der Waals surface area contributed by atoms with Crippen LogP contribution in [0.5, 0.6) is 0 Å². The van der Waals surface area contributed by atoms with Gasteiger partial charge in [0.25, 0.3) is 0 Å². The molecule has 2 N–H and O–H groups in total. The van der Waals surface area contributed by atoms with Crippen LogP contribution in [0.2, 0.25) is 0 Å². The topological polar surface area (TPSA) is 69.6 Å². The Morgan fingerprint density at radius 2 is 1.79 bits per heavy atom. The molecule has 0 aliphatic rings. The Morgan fingerprint density at radius 1 is 1.16 bits per heavy atom. The Morgan fingerprint density at radius 3 is 2.32 bits per heavy atom. The van der Waals surface area contributed by atoms with Crippen molar-refractivity contribution in [2.24, 2.45) is 0 Å². The molecule has 0 fully saturated rings. The predicted octanol–water partition coefficient (Wildman–Crippen LogP) is 1.94. The molecule has 1 amide bonds. The molecular weight excluding hydrogens is 244 g/mol. The van der Waals surface area contributed by atoms with E-state index >= 15 is 0 Å². The minimum absolute atomic E-state index is 0.0230. The molecule has 104 valence electrons. The van der Waals surface area contributed by atoms with Crippen molar-refractivity contribution in [3.05, 3.63) is 29.8 Å². The summed E-state index contributed by atoms with van der Waals surface area (Å²) in [6.45, 7) is 0.854. The number of benzene rings is 1. The zero-order valence-corrected chi connectivity index (χ0v) is 11.3. The number of nitrogens with zero attached hydrogens (tertiary/aromatic N) is 1. The minimum atomic E-state index is -0.874. The standard InChI is InChI=1S/C14H20N2O3/c1-16(2)10-11-6-8-12(9-7-11)15-13(17)4-3-5-14(18)19/h6-9H,3-5,10H2,1-2H3,(H,15,17)(H,18,19). The lowest BCUT2D eigenvalue weighted by Crippen LogP contribution is -2.13. The Bertz CT molecular complexity index is 427. The van der Waals surface area contributed by atoms with Crippen molar-refractivity contribution < 1.29 is 14.7 Å². The molecule has 0 bridgehead atoms. The molecule has 5 nitrogen and oxygen atoms in total. The monoisotopic (exact) mass is 264 g/mol. The second kappa shape index (κ2) is 7.53. The van der Waals surface area contributed by atoms with E-state index in [0.717, 1.165) is 12.2 Å². The third kappa shape index (κ3) is 6.57. The van der Waals surface area contributed by atoms with Crippen molar-refractivity contribution in [2.45, 2.75) is 25.8 Å². The number of nitrogens with one attached hydrogen (secondary N) is 1. The smallest absolute Gasteiger partial charge is 0.303 e. The molecule has 0 spiro atoms. The maximum Gasteiger partial charge on any atom is 0.303 e. The summed E-state index contributed by atoms with van der Waals surface area (Å²) in [5.41, 5.74) is 1.91. The van der Waals surface area contributed by atoms with Crippen LogP contribution in [0.4, 0.5) is 5.69 Å². The van der Waals surface area contributed by atoms with E-state index in [1.54, 1.807) is 0 Å². The molecule has 0 unspecified atom stereocenters. The molecule has 1 aromatic carbocycles. The lowest BCUT2D eigenvalue weighted by atomic mass is 10.2. The normalized spacial score (nSPS) is 10.5. The third-order valence-corrected chi connectivity index (χ3v) is 2.53.